The van der Waals surface area contributed by atoms with Gasteiger partial charge in [-0.1, -0.05) is 159 Å². The number of unbranched alkanes of at least 4 members (excludes halogenated alkanes) is 20. The number of ether oxygens (including phenoxy) is 3. The lowest BCUT2D eigenvalue weighted by molar-refractivity contribution is -0.167. The summed E-state index contributed by atoms with van der Waals surface area (Å²) < 4.78 is 16.6. The van der Waals surface area contributed by atoms with Crippen LogP contribution in [-0.2, 0) is 28.6 Å². The predicted molar refractivity (Wildman–Crippen MR) is 224 cm³/mol. The number of allylic oxidation sites excluding steroid dienone is 8. The molecule has 53 heavy (non-hydrogen) atoms. The molecule has 6 heteroatoms. The van der Waals surface area contributed by atoms with Crippen molar-refractivity contribution in [1.82, 2.24) is 0 Å². The molecule has 1 unspecified atom stereocenters. The summed E-state index contributed by atoms with van der Waals surface area (Å²) in [5, 5.41) is 0. The molecule has 0 aliphatic rings. The average molecular weight is 743 g/mol. The normalized spacial score (nSPS) is 12.4. The second kappa shape index (κ2) is 42.1. The van der Waals surface area contributed by atoms with Gasteiger partial charge in [-0.15, -0.1) is 0 Å². The minimum atomic E-state index is -0.782. The van der Waals surface area contributed by atoms with Gasteiger partial charge in [0.25, 0.3) is 0 Å². The average Bonchev–Trinajstić information content (AvgIpc) is 3.15. The SMILES string of the molecule is CCC/C=C\CCCCCCCC(=O)OCC(COC(=O)CCCCCCC/C=C\C/C=C\CCCC)OC(=O)CCCCCCC/C=C\CCCC. The molecule has 0 aromatic rings. The maximum atomic E-state index is 12.7. The summed E-state index contributed by atoms with van der Waals surface area (Å²) in [5.74, 6) is -0.924. The van der Waals surface area contributed by atoms with Gasteiger partial charge in [-0.05, 0) is 83.5 Å². The van der Waals surface area contributed by atoms with Crippen molar-refractivity contribution in [3.8, 4) is 0 Å². The van der Waals surface area contributed by atoms with Gasteiger partial charge in [-0.2, -0.15) is 0 Å². The fourth-order valence-electron chi connectivity index (χ4n) is 5.85. The zero-order valence-electron chi connectivity index (χ0n) is 34.8. The highest BCUT2D eigenvalue weighted by molar-refractivity contribution is 5.71. The van der Waals surface area contributed by atoms with E-state index < -0.39 is 6.10 Å². The van der Waals surface area contributed by atoms with Crippen molar-refractivity contribution in [2.75, 3.05) is 13.2 Å². The van der Waals surface area contributed by atoms with Crippen LogP contribution in [0.5, 0.6) is 0 Å². The highest BCUT2D eigenvalue weighted by atomic mass is 16.6. The van der Waals surface area contributed by atoms with Crippen LogP contribution in [-0.4, -0.2) is 37.2 Å². The summed E-state index contributed by atoms with van der Waals surface area (Å²) in [4.78, 5) is 37.6. The number of esters is 3. The molecule has 0 amide bonds. The van der Waals surface area contributed by atoms with E-state index in [2.05, 4.69) is 69.4 Å². The standard InChI is InChI=1S/C47H82O6/c1-4-7-10-13-16-19-22-23-24-26-28-31-34-37-40-46(49)52-43-44(42-51-45(48)39-36-33-30-27-21-18-15-12-9-6-3)53-47(50)41-38-35-32-29-25-20-17-14-11-8-5-2/h12-17,22-23,44H,4-11,18-21,24-43H2,1-3H3/b15-12-,16-13-,17-14-,23-22-. The van der Waals surface area contributed by atoms with Crippen LogP contribution in [0.4, 0.5) is 0 Å². The van der Waals surface area contributed by atoms with Crippen molar-refractivity contribution < 1.29 is 28.6 Å². The van der Waals surface area contributed by atoms with Gasteiger partial charge in [-0.25, -0.2) is 0 Å². The Morgan fingerprint density at radius 3 is 1.13 bits per heavy atom. The van der Waals surface area contributed by atoms with Gasteiger partial charge in [0.05, 0.1) is 0 Å². The van der Waals surface area contributed by atoms with Crippen LogP contribution in [0.15, 0.2) is 48.6 Å². The third-order valence-electron chi connectivity index (χ3n) is 9.26. The Balaban J connectivity index is 4.40. The van der Waals surface area contributed by atoms with Crippen LogP contribution in [0.1, 0.15) is 213 Å². The smallest absolute Gasteiger partial charge is 0.306 e. The van der Waals surface area contributed by atoms with E-state index >= 15 is 0 Å². The molecule has 1 atom stereocenters. The van der Waals surface area contributed by atoms with E-state index in [-0.39, 0.29) is 31.1 Å². The second-order valence-corrected chi connectivity index (χ2v) is 14.6. The molecule has 306 valence electrons. The largest absolute Gasteiger partial charge is 0.462 e. The molecule has 0 aliphatic carbocycles. The Kier molecular flexibility index (Phi) is 40.0. The minimum Gasteiger partial charge on any atom is -0.462 e. The van der Waals surface area contributed by atoms with Gasteiger partial charge in [0.15, 0.2) is 6.10 Å². The van der Waals surface area contributed by atoms with E-state index in [0.29, 0.717) is 19.3 Å². The van der Waals surface area contributed by atoms with Crippen LogP contribution >= 0.6 is 0 Å². The highest BCUT2D eigenvalue weighted by Crippen LogP contribution is 2.13. The molecule has 0 saturated carbocycles. The highest BCUT2D eigenvalue weighted by Gasteiger charge is 2.19. The summed E-state index contributed by atoms with van der Waals surface area (Å²) in [6.07, 6.45) is 48.0. The zero-order valence-corrected chi connectivity index (χ0v) is 34.8. The van der Waals surface area contributed by atoms with Gasteiger partial charge >= 0.3 is 17.9 Å². The van der Waals surface area contributed by atoms with E-state index in [1.54, 1.807) is 0 Å². The summed E-state index contributed by atoms with van der Waals surface area (Å²) in [6, 6.07) is 0. The number of rotatable bonds is 39. The molecule has 6 nitrogen and oxygen atoms in total. The second-order valence-electron chi connectivity index (χ2n) is 14.6. The lowest BCUT2D eigenvalue weighted by Crippen LogP contribution is -2.30. The number of carbonyl (C=O) groups is 3. The van der Waals surface area contributed by atoms with E-state index in [4.69, 9.17) is 14.2 Å². The maximum absolute atomic E-state index is 12.7. The summed E-state index contributed by atoms with van der Waals surface area (Å²) in [6.45, 7) is 6.45. The Labute approximate surface area is 327 Å². The molecule has 0 heterocycles. The first-order valence-electron chi connectivity index (χ1n) is 22.1. The molecular formula is C47H82O6. The van der Waals surface area contributed by atoms with Gasteiger partial charge in [0.1, 0.15) is 13.2 Å². The monoisotopic (exact) mass is 743 g/mol. The van der Waals surface area contributed by atoms with Crippen LogP contribution < -0.4 is 0 Å². The fourth-order valence-corrected chi connectivity index (χ4v) is 5.85. The minimum absolute atomic E-state index is 0.0860. The van der Waals surface area contributed by atoms with Gasteiger partial charge < -0.3 is 14.2 Å². The summed E-state index contributed by atoms with van der Waals surface area (Å²) >= 11 is 0. The lowest BCUT2D eigenvalue weighted by Gasteiger charge is -2.18. The number of hydrogen-bond acceptors (Lipinski definition) is 6. The van der Waals surface area contributed by atoms with Crippen LogP contribution in [0.25, 0.3) is 0 Å². The van der Waals surface area contributed by atoms with Crippen molar-refractivity contribution in [3.05, 3.63) is 48.6 Å². The summed E-state index contributed by atoms with van der Waals surface area (Å²) in [5.41, 5.74) is 0. The van der Waals surface area contributed by atoms with E-state index in [1.807, 2.05) is 0 Å². The van der Waals surface area contributed by atoms with Gasteiger partial charge in [0, 0.05) is 19.3 Å². The van der Waals surface area contributed by atoms with E-state index in [0.717, 1.165) is 103 Å². The third kappa shape index (κ3) is 40.4. The maximum Gasteiger partial charge on any atom is 0.306 e. The van der Waals surface area contributed by atoms with Crippen LogP contribution in [0.3, 0.4) is 0 Å². The Morgan fingerprint density at radius 1 is 0.377 bits per heavy atom. The molecule has 0 saturated heterocycles. The molecule has 0 bridgehead atoms. The molecule has 0 rings (SSSR count). The molecule has 0 aliphatic heterocycles. The van der Waals surface area contributed by atoms with Crippen molar-refractivity contribution in [2.24, 2.45) is 0 Å². The first-order valence-corrected chi connectivity index (χ1v) is 22.1. The van der Waals surface area contributed by atoms with Crippen molar-refractivity contribution in [3.63, 3.8) is 0 Å². The molecule has 0 aromatic carbocycles. The van der Waals surface area contributed by atoms with Gasteiger partial charge in [-0.3, -0.25) is 14.4 Å². The Morgan fingerprint density at radius 2 is 0.717 bits per heavy atom. The first-order chi connectivity index (χ1) is 26.0. The Bertz CT molecular complexity index is 949. The number of carbonyl (C=O) groups excluding carboxylic acids is 3. The fraction of sp³-hybridized carbons (Fsp3) is 0.766. The first kappa shape index (κ1) is 50.4. The third-order valence-corrected chi connectivity index (χ3v) is 9.26. The molecule has 0 radical (unpaired) electrons. The van der Waals surface area contributed by atoms with Crippen molar-refractivity contribution >= 4 is 17.9 Å². The van der Waals surface area contributed by atoms with E-state index in [1.165, 1.54) is 70.6 Å². The zero-order chi connectivity index (χ0) is 38.7. The molecule has 0 N–H and O–H groups in total. The lowest BCUT2D eigenvalue weighted by atomic mass is 10.1. The summed E-state index contributed by atoms with van der Waals surface area (Å²) in [7, 11) is 0. The molecule has 0 fully saturated rings. The van der Waals surface area contributed by atoms with Crippen molar-refractivity contribution in [2.45, 2.75) is 219 Å². The van der Waals surface area contributed by atoms with Crippen LogP contribution in [0, 0.1) is 0 Å². The van der Waals surface area contributed by atoms with Crippen LogP contribution in [0.2, 0.25) is 0 Å². The molecule has 0 aromatic heterocycles. The van der Waals surface area contributed by atoms with E-state index in [9.17, 15) is 14.4 Å². The Hall–Kier alpha value is -2.63. The van der Waals surface area contributed by atoms with Gasteiger partial charge in [0.2, 0.25) is 0 Å². The van der Waals surface area contributed by atoms with Crippen molar-refractivity contribution in [1.29, 1.82) is 0 Å². The predicted octanol–water partition coefficient (Wildman–Crippen LogP) is 14.0. The topological polar surface area (TPSA) is 78.9 Å². The molecular weight excluding hydrogens is 661 g/mol. The molecule has 0 spiro atoms. The quantitative estimate of drug-likeness (QED) is 0.0270. The number of hydrogen-bond donors (Lipinski definition) is 0.